The molecular weight excluding hydrogens is 352 g/mol. The first-order chi connectivity index (χ1) is 13.5. The van der Waals surface area contributed by atoms with Crippen molar-refractivity contribution < 1.29 is 9.53 Å². The summed E-state index contributed by atoms with van der Waals surface area (Å²) in [5.74, 6) is 0.715. The van der Waals surface area contributed by atoms with Crippen LogP contribution in [0.25, 0.3) is 22.2 Å². The number of aryl methyl sites for hydroxylation is 1. The number of aliphatic imine (C=N–C) groups is 1. The second kappa shape index (κ2) is 8.52. The molecule has 1 heterocycles. The number of carbonyl (C=O) groups is 1. The van der Waals surface area contributed by atoms with Gasteiger partial charge in [-0.15, -0.1) is 0 Å². The van der Waals surface area contributed by atoms with Gasteiger partial charge >= 0.3 is 0 Å². The number of fused-ring (bicyclic) bond motifs is 1. The van der Waals surface area contributed by atoms with Crippen molar-refractivity contribution in [1.29, 1.82) is 0 Å². The number of hydrogen-bond donors (Lipinski definition) is 2. The maximum atomic E-state index is 10.7. The molecule has 1 unspecified atom stereocenters. The lowest BCUT2D eigenvalue weighted by Crippen LogP contribution is -2.29. The van der Waals surface area contributed by atoms with Gasteiger partial charge in [-0.05, 0) is 38.0 Å². The number of benzene rings is 2. The zero-order chi connectivity index (χ0) is 20.1. The van der Waals surface area contributed by atoms with Gasteiger partial charge in [-0.3, -0.25) is 10.1 Å². The first-order valence-electron chi connectivity index (χ1n) is 9.24. The Morgan fingerprint density at radius 1 is 1.29 bits per heavy atom. The molecule has 0 saturated carbocycles. The normalized spacial score (nSPS) is 12.6. The topological polar surface area (TPSA) is 89.6 Å². The first kappa shape index (κ1) is 19.4. The molecule has 0 radical (unpaired) electrons. The standard InChI is InChI=1S/C22H24N4O2/c1-4-15(3)28-20-11-7-10-17-19(26-22(23)24-13-27)12-18(25-21(17)20)16-9-6-5-8-14(16)2/h5-13,15H,4H2,1-3H3,(H3,23,24,25,26,27). The van der Waals surface area contributed by atoms with E-state index in [0.717, 1.165) is 28.6 Å². The molecule has 0 fully saturated rings. The number of nitrogens with zero attached hydrogens (tertiary/aromatic N) is 2. The molecule has 0 spiro atoms. The minimum absolute atomic E-state index is 0.0199. The van der Waals surface area contributed by atoms with Crippen LogP contribution in [0.5, 0.6) is 5.75 Å². The lowest BCUT2D eigenvalue weighted by Gasteiger charge is -2.16. The van der Waals surface area contributed by atoms with Crippen molar-refractivity contribution in [2.24, 2.45) is 10.7 Å². The van der Waals surface area contributed by atoms with Crippen LogP contribution in [0.1, 0.15) is 25.8 Å². The summed E-state index contributed by atoms with van der Waals surface area (Å²) in [6.07, 6.45) is 1.44. The number of nitrogens with one attached hydrogen (secondary N) is 1. The van der Waals surface area contributed by atoms with E-state index in [1.165, 1.54) is 0 Å². The van der Waals surface area contributed by atoms with Crippen LogP contribution in [0.4, 0.5) is 5.69 Å². The lowest BCUT2D eigenvalue weighted by molar-refractivity contribution is -0.108. The molecule has 0 aliphatic carbocycles. The molecule has 3 N–H and O–H groups in total. The van der Waals surface area contributed by atoms with E-state index in [-0.39, 0.29) is 12.1 Å². The summed E-state index contributed by atoms with van der Waals surface area (Å²) in [5.41, 5.74) is 10.0. The largest absolute Gasteiger partial charge is 0.488 e. The first-order valence-corrected chi connectivity index (χ1v) is 9.24. The van der Waals surface area contributed by atoms with Gasteiger partial charge in [-0.1, -0.05) is 43.3 Å². The Kier molecular flexibility index (Phi) is 5.89. The van der Waals surface area contributed by atoms with Crippen LogP contribution < -0.4 is 15.8 Å². The highest BCUT2D eigenvalue weighted by Gasteiger charge is 2.14. The summed E-state index contributed by atoms with van der Waals surface area (Å²) < 4.78 is 6.09. The van der Waals surface area contributed by atoms with E-state index in [1.807, 2.05) is 62.4 Å². The van der Waals surface area contributed by atoms with Crippen molar-refractivity contribution >= 4 is 29.0 Å². The molecule has 1 amide bonds. The third-order valence-electron chi connectivity index (χ3n) is 4.55. The van der Waals surface area contributed by atoms with E-state index in [4.69, 9.17) is 15.5 Å². The Morgan fingerprint density at radius 3 is 2.79 bits per heavy atom. The Labute approximate surface area is 164 Å². The lowest BCUT2D eigenvalue weighted by atomic mass is 10.0. The molecule has 2 aromatic carbocycles. The Hall–Kier alpha value is -3.41. The molecule has 6 nitrogen and oxygen atoms in total. The average molecular weight is 376 g/mol. The molecule has 3 aromatic rings. The number of hydrogen-bond acceptors (Lipinski definition) is 4. The summed E-state index contributed by atoms with van der Waals surface area (Å²) in [6, 6.07) is 15.6. The van der Waals surface area contributed by atoms with Gasteiger partial charge in [-0.2, -0.15) is 0 Å². The van der Waals surface area contributed by atoms with Crippen LogP contribution >= 0.6 is 0 Å². The maximum absolute atomic E-state index is 10.7. The quantitative estimate of drug-likeness (QED) is 0.385. The van der Waals surface area contributed by atoms with Crippen LogP contribution in [0.3, 0.4) is 0 Å². The highest BCUT2D eigenvalue weighted by Crippen LogP contribution is 2.36. The zero-order valence-corrected chi connectivity index (χ0v) is 16.3. The van der Waals surface area contributed by atoms with E-state index >= 15 is 0 Å². The highest BCUT2D eigenvalue weighted by atomic mass is 16.5. The number of guanidine groups is 1. The van der Waals surface area contributed by atoms with E-state index in [1.54, 1.807) is 0 Å². The fraction of sp³-hybridized carbons (Fsp3) is 0.227. The second-order valence-corrected chi connectivity index (χ2v) is 6.59. The number of para-hydroxylation sites is 1. The number of ether oxygens (including phenoxy) is 1. The van der Waals surface area contributed by atoms with Crippen molar-refractivity contribution in [2.45, 2.75) is 33.3 Å². The van der Waals surface area contributed by atoms with Crippen molar-refractivity contribution in [1.82, 2.24) is 10.3 Å². The van der Waals surface area contributed by atoms with Crippen LogP contribution in [0.2, 0.25) is 0 Å². The minimum Gasteiger partial charge on any atom is -0.488 e. The van der Waals surface area contributed by atoms with Crippen molar-refractivity contribution in [3.05, 3.63) is 54.1 Å². The molecule has 6 heteroatoms. The fourth-order valence-electron chi connectivity index (χ4n) is 2.91. The molecular formula is C22H24N4O2. The second-order valence-electron chi connectivity index (χ2n) is 6.59. The van der Waals surface area contributed by atoms with E-state index in [2.05, 4.69) is 17.2 Å². The third-order valence-corrected chi connectivity index (χ3v) is 4.55. The highest BCUT2D eigenvalue weighted by molar-refractivity contribution is 5.99. The Morgan fingerprint density at radius 2 is 2.07 bits per heavy atom. The fourth-order valence-corrected chi connectivity index (χ4v) is 2.91. The predicted molar refractivity (Wildman–Crippen MR) is 113 cm³/mol. The molecule has 1 atom stereocenters. The van der Waals surface area contributed by atoms with Gasteiger partial charge in [-0.25, -0.2) is 9.98 Å². The summed E-state index contributed by atoms with van der Waals surface area (Å²) in [5, 5.41) is 3.18. The molecule has 0 aliphatic heterocycles. The zero-order valence-electron chi connectivity index (χ0n) is 16.3. The molecule has 0 saturated heterocycles. The number of aromatic nitrogens is 1. The molecule has 1 aromatic heterocycles. The average Bonchev–Trinajstić information content (AvgIpc) is 2.68. The van der Waals surface area contributed by atoms with Crippen LogP contribution in [0.15, 0.2) is 53.5 Å². The predicted octanol–water partition coefficient (Wildman–Crippen LogP) is 4.08. The molecule has 3 rings (SSSR count). The van der Waals surface area contributed by atoms with Gasteiger partial charge in [0.25, 0.3) is 0 Å². The number of rotatable bonds is 6. The van der Waals surface area contributed by atoms with Crippen molar-refractivity contribution in [3.8, 4) is 17.0 Å². The van der Waals surface area contributed by atoms with Gasteiger partial charge in [0.05, 0.1) is 17.5 Å². The molecule has 28 heavy (non-hydrogen) atoms. The molecule has 0 aliphatic rings. The third kappa shape index (κ3) is 4.11. The number of amides is 1. The Balaban J connectivity index is 2.27. The summed E-state index contributed by atoms with van der Waals surface area (Å²) in [6.45, 7) is 6.13. The van der Waals surface area contributed by atoms with Crippen molar-refractivity contribution in [2.75, 3.05) is 0 Å². The van der Waals surface area contributed by atoms with Gasteiger partial charge in [0.15, 0.2) is 5.96 Å². The van der Waals surface area contributed by atoms with Crippen LogP contribution in [-0.2, 0) is 4.79 Å². The van der Waals surface area contributed by atoms with Gasteiger partial charge in [0.2, 0.25) is 6.41 Å². The van der Waals surface area contributed by atoms with Gasteiger partial charge < -0.3 is 10.5 Å². The van der Waals surface area contributed by atoms with E-state index < -0.39 is 0 Å². The molecule has 0 bridgehead atoms. The van der Waals surface area contributed by atoms with Crippen LogP contribution in [-0.4, -0.2) is 23.5 Å². The number of nitrogens with two attached hydrogens (primary N) is 1. The minimum atomic E-state index is 0.0199. The molecule has 144 valence electrons. The van der Waals surface area contributed by atoms with Gasteiger partial charge in [0, 0.05) is 10.9 Å². The van der Waals surface area contributed by atoms with E-state index in [9.17, 15) is 4.79 Å². The smallest absolute Gasteiger partial charge is 0.213 e. The number of carbonyl (C=O) groups excluding carboxylic acids is 1. The van der Waals surface area contributed by atoms with Crippen LogP contribution in [0, 0.1) is 6.92 Å². The summed E-state index contributed by atoms with van der Waals surface area (Å²) >= 11 is 0. The summed E-state index contributed by atoms with van der Waals surface area (Å²) in [4.78, 5) is 20.0. The SMILES string of the molecule is CCC(C)Oc1cccc2c(N=C(N)NC=O)cc(-c3ccccc3C)nc12. The van der Waals surface area contributed by atoms with E-state index in [0.29, 0.717) is 23.4 Å². The monoisotopic (exact) mass is 376 g/mol. The Bertz CT molecular complexity index is 1030. The van der Waals surface area contributed by atoms with Crippen molar-refractivity contribution in [3.63, 3.8) is 0 Å². The summed E-state index contributed by atoms with van der Waals surface area (Å²) in [7, 11) is 0. The number of pyridine rings is 1. The van der Waals surface area contributed by atoms with Gasteiger partial charge in [0.1, 0.15) is 11.3 Å². The maximum Gasteiger partial charge on any atom is 0.213 e.